The Hall–Kier alpha value is -9.37. The molecule has 70 heavy (non-hydrogen) atoms. The summed E-state index contributed by atoms with van der Waals surface area (Å²) in [5.41, 5.74) is -2.12. The second kappa shape index (κ2) is 22.9. The van der Waals surface area contributed by atoms with E-state index in [0.717, 1.165) is 17.0 Å². The average Bonchev–Trinajstić information content (AvgIpc) is 3.32. The van der Waals surface area contributed by atoms with Crippen molar-refractivity contribution >= 4 is 76.1 Å². The van der Waals surface area contributed by atoms with Crippen LogP contribution in [0.25, 0.3) is 17.3 Å². The van der Waals surface area contributed by atoms with Crippen molar-refractivity contribution in [3.63, 3.8) is 0 Å². The number of allylic oxidation sites excluding steroid dienone is 4. The number of carboxylic acids is 1. The van der Waals surface area contributed by atoms with Crippen LogP contribution in [0.4, 0.5) is 21.9 Å². The lowest BCUT2D eigenvalue weighted by Gasteiger charge is -2.26. The van der Waals surface area contributed by atoms with Crippen LogP contribution in [0.3, 0.4) is 0 Å². The monoisotopic (exact) mass is 953 g/mol. The first-order valence-corrected chi connectivity index (χ1v) is 21.2. The Balaban J connectivity index is 1.18. The number of anilines is 3. The SMILES string of the molecule is COCCCC(=O)Nc1cccc(N2C(=O)NC(=O)C(=CC=C(C=Cc3c(O)[nH]c(=O)n(-c4cccc(NC(=O)CCCOC(=O)c5ccc(C(C)=O)c(C(=O)O)c5)c4)c3=O)c3ccncc3)C2=O)c1. The standard InChI is InChI=1S/C49H43N7O14/c1-28(57)36-16-15-31(25-39(36)46(64)65)47(66)70-24-6-12-41(59)52-33-8-4-10-35(27-33)56-45(63)38(43(61)54-49(56)68)18-14-29(30-19-21-50-22-20-30)13-17-37-42(60)53-48(67)55(44(37)62)34-9-3-7-32(26-34)51-40(58)11-5-23-69-2/h3-4,7-10,13-22,25-27,61H,5-6,11-12,23-24H2,1-2H3,(H,51,58)(H,52,59)(H,54,68)(H,64,65)(H,53,60,67). The molecule has 3 heterocycles. The zero-order valence-corrected chi connectivity index (χ0v) is 37.3. The summed E-state index contributed by atoms with van der Waals surface area (Å²) in [6.45, 7) is 1.36. The van der Waals surface area contributed by atoms with Crippen LogP contribution in [0, 0.1) is 0 Å². The average molecular weight is 954 g/mol. The number of ketones is 1. The van der Waals surface area contributed by atoms with E-state index in [4.69, 9.17) is 9.47 Å². The number of esters is 1. The number of aromatic hydroxyl groups is 1. The van der Waals surface area contributed by atoms with Gasteiger partial charge in [-0.05, 0) is 110 Å². The van der Waals surface area contributed by atoms with Crippen LogP contribution in [-0.2, 0) is 28.7 Å². The number of imide groups is 2. The van der Waals surface area contributed by atoms with Crippen LogP contribution in [0.1, 0.15) is 74.8 Å². The highest BCUT2D eigenvalue weighted by Crippen LogP contribution is 2.26. The predicted octanol–water partition coefficient (Wildman–Crippen LogP) is 4.77. The Morgan fingerprint density at radius 3 is 2.07 bits per heavy atom. The van der Waals surface area contributed by atoms with Crippen LogP contribution in [0.5, 0.6) is 5.88 Å². The molecule has 21 heteroatoms. The van der Waals surface area contributed by atoms with Crippen molar-refractivity contribution in [2.45, 2.75) is 32.6 Å². The smallest absolute Gasteiger partial charge is 0.338 e. The summed E-state index contributed by atoms with van der Waals surface area (Å²) in [6, 6.07) is 17.2. The number of barbiturate groups is 1. The number of hydrogen-bond acceptors (Lipinski definition) is 14. The van der Waals surface area contributed by atoms with Gasteiger partial charge in [0.25, 0.3) is 17.4 Å². The zero-order chi connectivity index (χ0) is 50.5. The van der Waals surface area contributed by atoms with Gasteiger partial charge in [0, 0.05) is 55.9 Å². The highest BCUT2D eigenvalue weighted by molar-refractivity contribution is 6.37. The van der Waals surface area contributed by atoms with E-state index in [-0.39, 0.29) is 76.7 Å². The Bertz CT molecular complexity index is 3130. The summed E-state index contributed by atoms with van der Waals surface area (Å²) in [7, 11) is 1.51. The van der Waals surface area contributed by atoms with Gasteiger partial charge in [-0.15, -0.1) is 0 Å². The van der Waals surface area contributed by atoms with Gasteiger partial charge in [0.15, 0.2) is 5.78 Å². The number of carbonyl (C=O) groups excluding carboxylic acids is 7. The van der Waals surface area contributed by atoms with Crippen LogP contribution < -0.4 is 32.1 Å². The number of hydrogen-bond donors (Lipinski definition) is 6. The fraction of sp³-hybridized carbons (Fsp3) is 0.163. The zero-order valence-electron chi connectivity index (χ0n) is 37.3. The topological polar surface area (TPSA) is 303 Å². The predicted molar refractivity (Wildman–Crippen MR) is 252 cm³/mol. The van der Waals surface area contributed by atoms with Crippen molar-refractivity contribution in [3.8, 4) is 11.6 Å². The first-order chi connectivity index (χ1) is 33.6. The van der Waals surface area contributed by atoms with E-state index >= 15 is 0 Å². The van der Waals surface area contributed by atoms with Crippen molar-refractivity contribution in [2.24, 2.45) is 0 Å². The molecule has 1 fully saturated rings. The molecule has 0 radical (unpaired) electrons. The molecule has 21 nitrogen and oxygen atoms in total. The summed E-state index contributed by atoms with van der Waals surface area (Å²) in [4.78, 5) is 135. The number of urea groups is 1. The molecule has 0 unspecified atom stereocenters. The van der Waals surface area contributed by atoms with E-state index in [2.05, 4.69) is 25.9 Å². The van der Waals surface area contributed by atoms with E-state index in [0.29, 0.717) is 28.8 Å². The highest BCUT2D eigenvalue weighted by Gasteiger charge is 2.36. The highest BCUT2D eigenvalue weighted by atomic mass is 16.5. The molecule has 0 bridgehead atoms. The lowest BCUT2D eigenvalue weighted by atomic mass is 10.0. The third kappa shape index (κ3) is 12.3. The molecule has 0 spiro atoms. The molecule has 0 aliphatic carbocycles. The Kier molecular flexibility index (Phi) is 16.4. The molecule has 6 rings (SSSR count). The number of aromatic carboxylic acids is 1. The number of nitrogens with one attached hydrogen (secondary N) is 4. The van der Waals surface area contributed by atoms with Gasteiger partial charge in [-0.2, -0.15) is 0 Å². The van der Waals surface area contributed by atoms with E-state index < -0.39 is 64.2 Å². The molecule has 358 valence electrons. The molecule has 1 saturated heterocycles. The number of methoxy groups -OCH3 is 1. The molecule has 0 atom stereocenters. The molecule has 1 aliphatic heterocycles. The number of rotatable bonds is 19. The Morgan fingerprint density at radius 1 is 0.786 bits per heavy atom. The van der Waals surface area contributed by atoms with E-state index in [1.165, 1.54) is 99.3 Å². The first-order valence-electron chi connectivity index (χ1n) is 21.2. The lowest BCUT2D eigenvalue weighted by Crippen LogP contribution is -2.54. The minimum Gasteiger partial charge on any atom is -0.494 e. The van der Waals surface area contributed by atoms with Gasteiger partial charge in [-0.3, -0.25) is 44.1 Å². The fourth-order valence-electron chi connectivity index (χ4n) is 6.88. The summed E-state index contributed by atoms with van der Waals surface area (Å²) >= 11 is 0. The molecular weight excluding hydrogens is 911 g/mol. The van der Waals surface area contributed by atoms with Crippen molar-refractivity contribution in [1.82, 2.24) is 19.9 Å². The molecule has 2 aromatic heterocycles. The summed E-state index contributed by atoms with van der Waals surface area (Å²) in [5, 5.41) is 27.7. The maximum absolute atomic E-state index is 13.9. The number of carboxylic acid groups (broad SMARTS) is 1. The number of nitrogens with zero attached hydrogens (tertiary/aromatic N) is 3. The van der Waals surface area contributed by atoms with Crippen LogP contribution >= 0.6 is 0 Å². The Morgan fingerprint density at radius 2 is 1.43 bits per heavy atom. The molecule has 0 saturated carbocycles. The third-order valence-corrected chi connectivity index (χ3v) is 10.3. The van der Waals surface area contributed by atoms with Crippen molar-refractivity contribution in [3.05, 3.63) is 164 Å². The van der Waals surface area contributed by atoms with Gasteiger partial charge in [-0.1, -0.05) is 24.3 Å². The fourth-order valence-corrected chi connectivity index (χ4v) is 6.88. The van der Waals surface area contributed by atoms with E-state index in [1.54, 1.807) is 18.2 Å². The van der Waals surface area contributed by atoms with E-state index in [1.807, 2.05) is 0 Å². The number of amides is 6. The van der Waals surface area contributed by atoms with Crippen molar-refractivity contribution in [1.29, 1.82) is 0 Å². The van der Waals surface area contributed by atoms with Crippen molar-refractivity contribution in [2.75, 3.05) is 35.9 Å². The minimum atomic E-state index is -1.39. The quantitative estimate of drug-likeness (QED) is 0.0162. The summed E-state index contributed by atoms with van der Waals surface area (Å²) in [6.07, 6.45) is 8.53. The summed E-state index contributed by atoms with van der Waals surface area (Å²) < 4.78 is 10.9. The number of Topliss-reactive ketones (excluding diaryl/α,β-unsaturated/α-hetero) is 1. The van der Waals surface area contributed by atoms with Gasteiger partial charge < -0.3 is 30.3 Å². The second-order valence-electron chi connectivity index (χ2n) is 15.2. The molecule has 1 aliphatic rings. The maximum atomic E-state index is 13.9. The van der Waals surface area contributed by atoms with Crippen LogP contribution in [0.15, 0.2) is 125 Å². The second-order valence-corrected chi connectivity index (χ2v) is 15.2. The minimum absolute atomic E-state index is 0.00491. The maximum Gasteiger partial charge on any atom is 0.338 e. The molecule has 6 N–H and O–H groups in total. The largest absolute Gasteiger partial charge is 0.494 e. The third-order valence-electron chi connectivity index (χ3n) is 10.3. The van der Waals surface area contributed by atoms with Crippen LogP contribution in [-0.4, -0.2) is 92.5 Å². The normalized spacial score (nSPS) is 13.3. The van der Waals surface area contributed by atoms with Gasteiger partial charge >= 0.3 is 23.7 Å². The number of H-pyrrole nitrogens is 1. The van der Waals surface area contributed by atoms with Gasteiger partial charge in [0.2, 0.25) is 17.7 Å². The van der Waals surface area contributed by atoms with Gasteiger partial charge in [0.05, 0.1) is 29.1 Å². The first kappa shape index (κ1) is 50.1. The summed E-state index contributed by atoms with van der Waals surface area (Å²) in [5.74, 6) is -6.37. The molecule has 3 aromatic carbocycles. The molecule has 5 aromatic rings. The lowest BCUT2D eigenvalue weighted by molar-refractivity contribution is -0.123. The number of ether oxygens (including phenoxy) is 2. The van der Waals surface area contributed by atoms with Crippen LogP contribution in [0.2, 0.25) is 0 Å². The number of aromatic amines is 1. The van der Waals surface area contributed by atoms with E-state index in [9.17, 15) is 58.2 Å². The number of benzene rings is 3. The number of pyridine rings is 1. The number of carbonyl (C=O) groups is 8. The van der Waals surface area contributed by atoms with Crippen molar-refractivity contribution < 1.29 is 58.0 Å². The molecule has 6 amide bonds. The molecular formula is C49H43N7O14. The van der Waals surface area contributed by atoms with Gasteiger partial charge in [-0.25, -0.2) is 28.6 Å². The Labute approximate surface area is 396 Å². The van der Waals surface area contributed by atoms with Gasteiger partial charge in [0.1, 0.15) is 11.1 Å². The number of aromatic nitrogens is 3.